The van der Waals surface area contributed by atoms with E-state index in [1.54, 1.807) is 37.4 Å². The van der Waals surface area contributed by atoms with Gasteiger partial charge in [-0.25, -0.2) is 4.98 Å². The minimum atomic E-state index is -0.316. The van der Waals surface area contributed by atoms with Crippen molar-refractivity contribution < 1.29 is 14.3 Å². The van der Waals surface area contributed by atoms with Crippen molar-refractivity contribution in [2.45, 2.75) is 5.16 Å². The van der Waals surface area contributed by atoms with Crippen LogP contribution in [0.25, 0.3) is 0 Å². The fourth-order valence-electron chi connectivity index (χ4n) is 2.18. The first kappa shape index (κ1) is 18.5. The maximum Gasteiger partial charge on any atom is 0.269 e. The third-order valence-electron chi connectivity index (χ3n) is 3.47. The summed E-state index contributed by atoms with van der Waals surface area (Å²) in [5.41, 5.74) is 5.87. The summed E-state index contributed by atoms with van der Waals surface area (Å²) in [4.78, 5) is 20.9. The minimum Gasteiger partial charge on any atom is -0.497 e. The molecule has 0 saturated heterocycles. The number of thioether (sulfide) groups is 1. The Labute approximate surface area is 161 Å². The lowest BCUT2D eigenvalue weighted by Gasteiger charge is -2.11. The van der Waals surface area contributed by atoms with Crippen LogP contribution in [0.2, 0.25) is 0 Å². The van der Waals surface area contributed by atoms with Crippen LogP contribution in [0.5, 0.6) is 17.4 Å². The number of carbonyl (C=O) groups is 1. The van der Waals surface area contributed by atoms with E-state index in [1.807, 2.05) is 36.6 Å². The summed E-state index contributed by atoms with van der Waals surface area (Å²) >= 11 is 1.37. The molecule has 8 heteroatoms. The Kier molecular flexibility index (Phi) is 6.11. The molecule has 1 aromatic heterocycles. The second-order valence-corrected chi connectivity index (χ2v) is 6.08. The first-order valence-corrected chi connectivity index (χ1v) is 9.27. The quantitative estimate of drug-likeness (QED) is 0.366. The van der Waals surface area contributed by atoms with Crippen LogP contribution in [-0.4, -0.2) is 29.2 Å². The number of hydrazine groups is 1. The van der Waals surface area contributed by atoms with Crippen LogP contribution in [0, 0.1) is 0 Å². The molecule has 0 saturated carbocycles. The summed E-state index contributed by atoms with van der Waals surface area (Å²) in [6, 6.07) is 17.8. The van der Waals surface area contributed by atoms with Gasteiger partial charge in [-0.15, -0.1) is 0 Å². The van der Waals surface area contributed by atoms with E-state index in [0.29, 0.717) is 33.9 Å². The average molecular weight is 382 g/mol. The number of anilines is 1. The fraction of sp³-hybridized carbons (Fsp3) is 0.105. The molecule has 7 nitrogen and oxygen atoms in total. The van der Waals surface area contributed by atoms with E-state index in [9.17, 15) is 4.79 Å². The molecule has 2 aromatic carbocycles. The van der Waals surface area contributed by atoms with Gasteiger partial charge < -0.3 is 9.47 Å². The van der Waals surface area contributed by atoms with Gasteiger partial charge in [-0.3, -0.25) is 15.6 Å². The molecule has 0 spiro atoms. The summed E-state index contributed by atoms with van der Waals surface area (Å²) < 4.78 is 10.9. The number of carbonyl (C=O) groups excluding carboxylic acids is 1. The fourth-order valence-corrected chi connectivity index (χ4v) is 2.55. The average Bonchev–Trinajstić information content (AvgIpc) is 2.72. The standard InChI is InChI=1S/C19H18N4O3S/c1-25-15-10-6-7-13(11-15)18(24)23-22-16-12-17(21-19(20-16)27-2)26-14-8-4-3-5-9-14/h3-12H,1-2H3,(H,23,24)(H,20,21,22). The van der Waals surface area contributed by atoms with Crippen molar-refractivity contribution >= 4 is 23.5 Å². The molecule has 0 bridgehead atoms. The molecule has 1 amide bonds. The molecule has 2 N–H and O–H groups in total. The number of ether oxygens (including phenoxy) is 2. The summed E-state index contributed by atoms with van der Waals surface area (Å²) in [6.45, 7) is 0. The van der Waals surface area contributed by atoms with Crippen LogP contribution in [0.4, 0.5) is 5.82 Å². The normalized spacial score (nSPS) is 10.1. The third-order valence-corrected chi connectivity index (χ3v) is 4.01. The lowest BCUT2D eigenvalue weighted by atomic mass is 10.2. The molecule has 0 atom stereocenters. The number of methoxy groups -OCH3 is 1. The molecular weight excluding hydrogens is 364 g/mol. The van der Waals surface area contributed by atoms with Gasteiger partial charge in [0.1, 0.15) is 11.5 Å². The van der Waals surface area contributed by atoms with Gasteiger partial charge in [0.2, 0.25) is 5.88 Å². The van der Waals surface area contributed by atoms with Crippen molar-refractivity contribution in [3.8, 4) is 17.4 Å². The maximum atomic E-state index is 12.3. The van der Waals surface area contributed by atoms with Gasteiger partial charge in [-0.1, -0.05) is 36.0 Å². The zero-order valence-corrected chi connectivity index (χ0v) is 15.6. The number of nitrogens with zero attached hydrogens (tertiary/aromatic N) is 2. The third kappa shape index (κ3) is 5.11. The van der Waals surface area contributed by atoms with Gasteiger partial charge in [0, 0.05) is 11.6 Å². The molecular formula is C19H18N4O3S. The first-order valence-electron chi connectivity index (χ1n) is 8.04. The summed E-state index contributed by atoms with van der Waals surface area (Å²) in [5, 5.41) is 0.515. The van der Waals surface area contributed by atoms with Gasteiger partial charge in [0.05, 0.1) is 7.11 Å². The lowest BCUT2D eigenvalue weighted by Crippen LogP contribution is -2.29. The Hall–Kier alpha value is -3.26. The van der Waals surface area contributed by atoms with E-state index in [-0.39, 0.29) is 5.91 Å². The Bertz CT molecular complexity index is 922. The minimum absolute atomic E-state index is 0.316. The molecule has 0 fully saturated rings. The maximum absolute atomic E-state index is 12.3. The summed E-state index contributed by atoms with van der Waals surface area (Å²) in [6.07, 6.45) is 1.86. The van der Waals surface area contributed by atoms with Crippen molar-refractivity contribution in [3.63, 3.8) is 0 Å². The van der Waals surface area contributed by atoms with E-state index in [0.717, 1.165) is 0 Å². The Morgan fingerprint density at radius 2 is 1.78 bits per heavy atom. The largest absolute Gasteiger partial charge is 0.497 e. The van der Waals surface area contributed by atoms with E-state index in [1.165, 1.54) is 11.8 Å². The molecule has 0 aliphatic heterocycles. The number of rotatable bonds is 7. The molecule has 0 aliphatic rings. The van der Waals surface area contributed by atoms with E-state index >= 15 is 0 Å². The smallest absolute Gasteiger partial charge is 0.269 e. The number of aromatic nitrogens is 2. The van der Waals surface area contributed by atoms with Crippen LogP contribution in [-0.2, 0) is 0 Å². The van der Waals surface area contributed by atoms with Crippen LogP contribution in [0.15, 0.2) is 65.8 Å². The summed E-state index contributed by atoms with van der Waals surface area (Å²) in [5.74, 6) is 1.74. The molecule has 0 aliphatic carbocycles. The molecule has 27 heavy (non-hydrogen) atoms. The zero-order chi connectivity index (χ0) is 19.1. The highest BCUT2D eigenvalue weighted by molar-refractivity contribution is 7.98. The van der Waals surface area contributed by atoms with Crippen LogP contribution in [0.3, 0.4) is 0 Å². The lowest BCUT2D eigenvalue weighted by molar-refractivity contribution is 0.0962. The van der Waals surface area contributed by atoms with Gasteiger partial charge in [0.15, 0.2) is 11.0 Å². The Morgan fingerprint density at radius 1 is 1.00 bits per heavy atom. The molecule has 1 heterocycles. The second-order valence-electron chi connectivity index (χ2n) is 5.30. The number of hydrogen-bond donors (Lipinski definition) is 2. The molecule has 3 aromatic rings. The topological polar surface area (TPSA) is 85.4 Å². The molecule has 3 rings (SSSR count). The second kappa shape index (κ2) is 8.91. The van der Waals surface area contributed by atoms with Gasteiger partial charge in [0.25, 0.3) is 5.91 Å². The number of nitrogens with one attached hydrogen (secondary N) is 2. The van der Waals surface area contributed by atoms with Crippen LogP contribution in [0.1, 0.15) is 10.4 Å². The highest BCUT2D eigenvalue weighted by Gasteiger charge is 2.09. The highest BCUT2D eigenvalue weighted by Crippen LogP contribution is 2.23. The first-order chi connectivity index (χ1) is 13.2. The Balaban J connectivity index is 1.72. The van der Waals surface area contributed by atoms with Crippen LogP contribution < -0.4 is 20.3 Å². The SMILES string of the molecule is COc1cccc(C(=O)NNc2cc(Oc3ccccc3)nc(SC)n2)c1. The van der Waals surface area contributed by atoms with Gasteiger partial charge in [-0.05, 0) is 36.6 Å². The van der Waals surface area contributed by atoms with E-state index < -0.39 is 0 Å². The number of para-hydroxylation sites is 1. The zero-order valence-electron chi connectivity index (χ0n) is 14.8. The number of amides is 1. The Morgan fingerprint density at radius 3 is 2.52 bits per heavy atom. The van der Waals surface area contributed by atoms with Crippen molar-refractivity contribution in [3.05, 3.63) is 66.2 Å². The molecule has 138 valence electrons. The molecule has 0 unspecified atom stereocenters. The number of hydrogen-bond acceptors (Lipinski definition) is 7. The van der Waals surface area contributed by atoms with E-state index in [2.05, 4.69) is 20.8 Å². The highest BCUT2D eigenvalue weighted by atomic mass is 32.2. The van der Waals surface area contributed by atoms with Gasteiger partial charge >= 0.3 is 0 Å². The summed E-state index contributed by atoms with van der Waals surface area (Å²) in [7, 11) is 1.55. The van der Waals surface area contributed by atoms with Crippen molar-refractivity contribution in [2.75, 3.05) is 18.8 Å². The van der Waals surface area contributed by atoms with Gasteiger partial charge in [-0.2, -0.15) is 4.98 Å². The van der Waals surface area contributed by atoms with Crippen molar-refractivity contribution in [2.24, 2.45) is 0 Å². The predicted molar refractivity (Wildman–Crippen MR) is 104 cm³/mol. The number of benzene rings is 2. The van der Waals surface area contributed by atoms with Crippen molar-refractivity contribution in [1.82, 2.24) is 15.4 Å². The predicted octanol–water partition coefficient (Wildman–Crippen LogP) is 3.76. The van der Waals surface area contributed by atoms with E-state index in [4.69, 9.17) is 9.47 Å². The van der Waals surface area contributed by atoms with Crippen LogP contribution >= 0.6 is 11.8 Å². The molecule has 0 radical (unpaired) electrons. The van der Waals surface area contributed by atoms with Crippen molar-refractivity contribution in [1.29, 1.82) is 0 Å². The monoisotopic (exact) mass is 382 g/mol.